The molecule has 152 valence electrons. The highest BCUT2D eigenvalue weighted by Gasteiger charge is 2.26. The molecule has 3 rings (SSSR count). The number of nitrogens with zero attached hydrogens (tertiary/aromatic N) is 3. The summed E-state index contributed by atoms with van der Waals surface area (Å²) in [5, 5.41) is 1.78. The number of hydrogen-bond acceptors (Lipinski definition) is 8. The van der Waals surface area contributed by atoms with Crippen molar-refractivity contribution in [2.24, 2.45) is 0 Å². The molecule has 2 aromatic rings. The lowest BCUT2D eigenvalue weighted by Crippen LogP contribution is -2.49. The van der Waals surface area contributed by atoms with Crippen LogP contribution in [0.15, 0.2) is 5.03 Å². The van der Waals surface area contributed by atoms with Gasteiger partial charge in [-0.25, -0.2) is 9.97 Å². The van der Waals surface area contributed by atoms with Crippen molar-refractivity contribution in [2.45, 2.75) is 51.9 Å². The molecule has 1 saturated heterocycles. The van der Waals surface area contributed by atoms with Gasteiger partial charge in [-0.15, -0.1) is 11.3 Å². The molecule has 7 nitrogen and oxygen atoms in total. The minimum atomic E-state index is -0.429. The molecule has 0 spiro atoms. The number of thiophene rings is 1. The number of morpholine rings is 1. The highest BCUT2D eigenvalue weighted by molar-refractivity contribution is 8.00. The van der Waals surface area contributed by atoms with Gasteiger partial charge >= 0.3 is 5.97 Å². The summed E-state index contributed by atoms with van der Waals surface area (Å²) in [7, 11) is 0. The third-order valence-corrected chi connectivity index (χ3v) is 6.61. The first-order chi connectivity index (χ1) is 13.2. The first-order valence-corrected chi connectivity index (χ1v) is 11.0. The summed E-state index contributed by atoms with van der Waals surface area (Å²) in [6.45, 7) is 10.6. The number of thioether (sulfide) groups is 1. The normalized spacial score (nSPS) is 19.8. The summed E-state index contributed by atoms with van der Waals surface area (Å²) in [6.07, 6.45) is -0.0284. The number of carbonyl (C=O) groups excluding carboxylic acids is 2. The molecule has 0 radical (unpaired) electrons. The van der Waals surface area contributed by atoms with Gasteiger partial charge in [-0.3, -0.25) is 9.59 Å². The van der Waals surface area contributed by atoms with E-state index in [-0.39, 0.29) is 30.5 Å². The van der Waals surface area contributed by atoms with Crippen LogP contribution < -0.4 is 0 Å². The average molecular weight is 424 g/mol. The van der Waals surface area contributed by atoms with Crippen molar-refractivity contribution >= 4 is 45.2 Å². The lowest BCUT2D eigenvalue weighted by molar-refractivity contribution is -0.155. The molecule has 0 bridgehead atoms. The summed E-state index contributed by atoms with van der Waals surface area (Å²) in [5.41, 5.74) is 1.14. The van der Waals surface area contributed by atoms with Crippen molar-refractivity contribution in [1.82, 2.24) is 14.9 Å². The van der Waals surface area contributed by atoms with E-state index in [1.807, 2.05) is 27.7 Å². The predicted molar refractivity (Wildman–Crippen MR) is 110 cm³/mol. The van der Waals surface area contributed by atoms with Crippen LogP contribution in [0.1, 0.15) is 30.1 Å². The van der Waals surface area contributed by atoms with E-state index in [0.29, 0.717) is 18.9 Å². The lowest BCUT2D eigenvalue weighted by Gasteiger charge is -2.35. The molecule has 1 aliphatic rings. The third kappa shape index (κ3) is 4.82. The summed E-state index contributed by atoms with van der Waals surface area (Å²) in [4.78, 5) is 37.3. The van der Waals surface area contributed by atoms with Crippen LogP contribution in [0.2, 0.25) is 0 Å². The van der Waals surface area contributed by atoms with Crippen molar-refractivity contribution in [2.75, 3.05) is 25.4 Å². The maximum Gasteiger partial charge on any atom is 0.316 e. The zero-order valence-electron chi connectivity index (χ0n) is 16.8. The zero-order valence-corrected chi connectivity index (χ0v) is 18.4. The Hall–Kier alpha value is -1.71. The fraction of sp³-hybridized carbons (Fsp3) is 0.579. The fourth-order valence-electron chi connectivity index (χ4n) is 3.20. The maximum absolute atomic E-state index is 12.3. The Bertz CT molecular complexity index is 889. The topological polar surface area (TPSA) is 81.6 Å². The quantitative estimate of drug-likeness (QED) is 0.415. The van der Waals surface area contributed by atoms with E-state index in [4.69, 9.17) is 9.47 Å². The van der Waals surface area contributed by atoms with Gasteiger partial charge in [0.15, 0.2) is 6.61 Å². The molecule has 3 heterocycles. The van der Waals surface area contributed by atoms with Gasteiger partial charge in [0, 0.05) is 23.4 Å². The molecule has 1 aliphatic heterocycles. The van der Waals surface area contributed by atoms with E-state index in [2.05, 4.69) is 16.9 Å². The monoisotopic (exact) mass is 423 g/mol. The summed E-state index contributed by atoms with van der Waals surface area (Å²) in [6, 6.07) is 0. The molecular weight excluding hydrogens is 398 g/mol. The standard InChI is InChI=1S/C19H25N3O4S2/c1-10-6-22(7-11(2)26-10)15(23)8-25-16(24)9-27-18-17-12(3)13(4)28-19(17)21-14(5)20-18/h10-11H,6-9H2,1-5H3/t10-,11-/m1/s1. The van der Waals surface area contributed by atoms with Gasteiger partial charge in [0.05, 0.1) is 18.0 Å². The van der Waals surface area contributed by atoms with Crippen molar-refractivity contribution < 1.29 is 19.1 Å². The van der Waals surface area contributed by atoms with Gasteiger partial charge in [-0.2, -0.15) is 0 Å². The Labute approximate surface area is 172 Å². The number of carbonyl (C=O) groups is 2. The van der Waals surface area contributed by atoms with E-state index >= 15 is 0 Å². The first kappa shape index (κ1) is 21.0. The molecule has 2 atom stereocenters. The van der Waals surface area contributed by atoms with E-state index < -0.39 is 5.97 Å². The molecule has 0 aromatic carbocycles. The molecule has 0 saturated carbocycles. The van der Waals surface area contributed by atoms with Crippen LogP contribution in [-0.4, -0.2) is 64.4 Å². The Morgan fingerprint density at radius 1 is 1.21 bits per heavy atom. The number of rotatable bonds is 5. The number of esters is 1. The fourth-order valence-corrected chi connectivity index (χ4v) is 5.27. The number of ether oxygens (including phenoxy) is 2. The van der Waals surface area contributed by atoms with Crippen LogP contribution in [0.4, 0.5) is 0 Å². The van der Waals surface area contributed by atoms with Crippen LogP contribution in [0.5, 0.6) is 0 Å². The van der Waals surface area contributed by atoms with Gasteiger partial charge in [0.2, 0.25) is 0 Å². The summed E-state index contributed by atoms with van der Waals surface area (Å²) in [5.74, 6) is 0.158. The molecule has 1 fully saturated rings. The van der Waals surface area contributed by atoms with E-state index in [0.717, 1.165) is 20.8 Å². The lowest BCUT2D eigenvalue weighted by atomic mass is 10.2. The number of hydrogen-bond donors (Lipinski definition) is 0. The van der Waals surface area contributed by atoms with E-state index in [1.165, 1.54) is 16.6 Å². The van der Waals surface area contributed by atoms with Crippen molar-refractivity contribution in [3.8, 4) is 0 Å². The summed E-state index contributed by atoms with van der Waals surface area (Å²) < 4.78 is 10.8. The molecule has 0 aliphatic carbocycles. The van der Waals surface area contributed by atoms with E-state index in [9.17, 15) is 9.59 Å². The van der Waals surface area contributed by atoms with Gasteiger partial charge in [-0.1, -0.05) is 11.8 Å². The molecule has 9 heteroatoms. The second-order valence-electron chi connectivity index (χ2n) is 7.04. The number of aryl methyl sites for hydroxylation is 3. The Kier molecular flexibility index (Phi) is 6.57. The highest BCUT2D eigenvalue weighted by atomic mass is 32.2. The highest BCUT2D eigenvalue weighted by Crippen LogP contribution is 2.35. The zero-order chi connectivity index (χ0) is 20.4. The smallest absolute Gasteiger partial charge is 0.316 e. The second-order valence-corrected chi connectivity index (χ2v) is 9.21. The van der Waals surface area contributed by atoms with Crippen LogP contribution in [0, 0.1) is 20.8 Å². The molecule has 2 aromatic heterocycles. The minimum Gasteiger partial charge on any atom is -0.455 e. The van der Waals surface area contributed by atoms with Crippen LogP contribution in [-0.2, 0) is 19.1 Å². The van der Waals surface area contributed by atoms with Gasteiger partial charge < -0.3 is 14.4 Å². The first-order valence-electron chi connectivity index (χ1n) is 9.20. The van der Waals surface area contributed by atoms with E-state index in [1.54, 1.807) is 16.2 Å². The maximum atomic E-state index is 12.3. The van der Waals surface area contributed by atoms with Crippen LogP contribution in [0.3, 0.4) is 0 Å². The third-order valence-electron chi connectivity index (χ3n) is 4.56. The Morgan fingerprint density at radius 2 is 1.89 bits per heavy atom. The van der Waals surface area contributed by atoms with Crippen molar-refractivity contribution in [1.29, 1.82) is 0 Å². The molecular formula is C19H25N3O4S2. The second kappa shape index (κ2) is 8.75. The number of amides is 1. The average Bonchev–Trinajstić information content (AvgIpc) is 2.90. The molecule has 0 N–H and O–H groups in total. The molecule has 1 amide bonds. The van der Waals surface area contributed by atoms with Gasteiger partial charge in [0.1, 0.15) is 15.7 Å². The van der Waals surface area contributed by atoms with Crippen molar-refractivity contribution in [3.63, 3.8) is 0 Å². The molecule has 0 unspecified atom stereocenters. The van der Waals surface area contributed by atoms with Crippen molar-refractivity contribution in [3.05, 3.63) is 16.3 Å². The van der Waals surface area contributed by atoms with Crippen LogP contribution >= 0.6 is 23.1 Å². The van der Waals surface area contributed by atoms with Crippen LogP contribution in [0.25, 0.3) is 10.2 Å². The molecule has 28 heavy (non-hydrogen) atoms. The minimum absolute atomic E-state index is 0.0142. The Morgan fingerprint density at radius 3 is 2.57 bits per heavy atom. The Balaban J connectivity index is 1.56. The van der Waals surface area contributed by atoms with Gasteiger partial charge in [0.25, 0.3) is 5.91 Å². The van der Waals surface area contributed by atoms with Gasteiger partial charge in [-0.05, 0) is 40.2 Å². The number of aromatic nitrogens is 2. The summed E-state index contributed by atoms with van der Waals surface area (Å²) >= 11 is 2.95. The largest absolute Gasteiger partial charge is 0.455 e. The number of fused-ring (bicyclic) bond motifs is 1. The SMILES string of the molecule is Cc1nc(SCC(=O)OCC(=O)N2C[C@@H](C)O[C@H](C)C2)c2c(C)c(C)sc2n1. The predicted octanol–water partition coefficient (Wildman–Crippen LogP) is 2.89.